The van der Waals surface area contributed by atoms with Crippen LogP contribution in [0.2, 0.25) is 0 Å². The molecule has 0 aromatic carbocycles. The van der Waals surface area contributed by atoms with Crippen molar-refractivity contribution in [2.75, 3.05) is 11.9 Å². The Kier molecular flexibility index (Phi) is 4.57. The number of aromatic nitrogens is 1. The van der Waals surface area contributed by atoms with E-state index in [2.05, 4.69) is 20.9 Å². The van der Waals surface area contributed by atoms with E-state index in [1.165, 1.54) is 12.1 Å². The fourth-order valence-electron chi connectivity index (χ4n) is 2.15. The van der Waals surface area contributed by atoms with E-state index in [4.69, 9.17) is 0 Å². The zero-order chi connectivity index (χ0) is 13.8. The van der Waals surface area contributed by atoms with Crippen molar-refractivity contribution in [1.29, 1.82) is 0 Å². The highest BCUT2D eigenvalue weighted by atomic mass is 79.9. The molecule has 1 amide bonds. The molecule has 0 spiro atoms. The second kappa shape index (κ2) is 6.18. The largest absolute Gasteiger partial charge is 0.358 e. The maximum absolute atomic E-state index is 12.4. The molecule has 1 fully saturated rings. The monoisotopic (exact) mass is 329 g/mol. The summed E-state index contributed by atoms with van der Waals surface area (Å²) in [6.45, 7) is 0.682. The first kappa shape index (κ1) is 14.0. The predicted octanol–water partition coefficient (Wildman–Crippen LogP) is 2.70. The minimum atomic E-state index is -0.525. The smallest absolute Gasteiger partial charge is 0.321 e. The van der Waals surface area contributed by atoms with Crippen LogP contribution in [0.1, 0.15) is 36.2 Å². The van der Waals surface area contributed by atoms with Crippen molar-refractivity contribution in [3.63, 3.8) is 0 Å². The highest BCUT2D eigenvalue weighted by molar-refractivity contribution is 9.09. The minimum Gasteiger partial charge on any atom is -0.358 e. The molecule has 0 radical (unpaired) electrons. The van der Waals surface area contributed by atoms with Crippen LogP contribution in [0.15, 0.2) is 12.1 Å². The van der Waals surface area contributed by atoms with Gasteiger partial charge in [0.2, 0.25) is 0 Å². The quantitative estimate of drug-likeness (QED) is 0.495. The summed E-state index contributed by atoms with van der Waals surface area (Å²) in [6, 6.07) is 3.10. The highest BCUT2D eigenvalue weighted by Crippen LogP contribution is 2.26. The summed E-state index contributed by atoms with van der Waals surface area (Å²) in [6.07, 6.45) is 4.08. The maximum atomic E-state index is 12.4. The molecule has 0 unspecified atom stereocenters. The van der Waals surface area contributed by atoms with Crippen LogP contribution in [0.25, 0.3) is 0 Å². The molecule has 2 rings (SSSR count). The van der Waals surface area contributed by atoms with E-state index in [-0.39, 0.29) is 17.8 Å². The van der Waals surface area contributed by atoms with E-state index in [1.54, 1.807) is 0 Å². The van der Waals surface area contributed by atoms with Crippen LogP contribution in [0.4, 0.5) is 5.82 Å². The van der Waals surface area contributed by atoms with Crippen LogP contribution >= 0.6 is 15.9 Å². The number of halogens is 1. The normalized spacial score (nSPS) is 15.0. The van der Waals surface area contributed by atoms with Gasteiger partial charge >= 0.3 is 5.82 Å². The standard InChI is InChI=1S/C12H16BrN3O3/c13-7-2-8-15(9-3-1-4-9)12(17)10-5-6-11(14-10)16(18)19/h5-6,9,14H,1-4,7-8H2. The number of hydrogen-bond acceptors (Lipinski definition) is 3. The van der Waals surface area contributed by atoms with E-state index >= 15 is 0 Å². The van der Waals surface area contributed by atoms with Gasteiger partial charge in [0, 0.05) is 24.0 Å². The lowest BCUT2D eigenvalue weighted by Crippen LogP contribution is -2.45. The molecule has 1 saturated carbocycles. The summed E-state index contributed by atoms with van der Waals surface area (Å²) in [5.74, 6) is -0.281. The van der Waals surface area contributed by atoms with Crippen molar-refractivity contribution in [2.24, 2.45) is 0 Å². The molecule has 104 valence electrons. The van der Waals surface area contributed by atoms with Gasteiger partial charge in [0.25, 0.3) is 5.91 Å². The Morgan fingerprint density at radius 2 is 2.26 bits per heavy atom. The maximum Gasteiger partial charge on any atom is 0.321 e. The third-order valence-corrected chi connectivity index (χ3v) is 3.97. The Labute approximate surface area is 119 Å². The SMILES string of the molecule is O=C(c1ccc([N+](=O)[O-])[nH]1)N(CCCBr)C1CCC1. The molecule has 0 atom stereocenters. The number of nitro groups is 1. The first-order valence-electron chi connectivity index (χ1n) is 6.34. The van der Waals surface area contributed by atoms with Crippen LogP contribution in [0.3, 0.4) is 0 Å². The van der Waals surface area contributed by atoms with E-state index in [9.17, 15) is 14.9 Å². The number of alkyl halides is 1. The van der Waals surface area contributed by atoms with Crippen LogP contribution in [0.5, 0.6) is 0 Å². The average molecular weight is 330 g/mol. The van der Waals surface area contributed by atoms with E-state index < -0.39 is 4.92 Å². The van der Waals surface area contributed by atoms with Gasteiger partial charge in [-0.3, -0.25) is 4.79 Å². The summed E-state index contributed by atoms with van der Waals surface area (Å²) in [5.41, 5.74) is 0.299. The third kappa shape index (κ3) is 3.15. The number of H-pyrrole nitrogens is 1. The van der Waals surface area contributed by atoms with Crippen molar-refractivity contribution in [2.45, 2.75) is 31.7 Å². The molecule has 7 heteroatoms. The Hall–Kier alpha value is -1.37. The second-order valence-corrected chi connectivity index (χ2v) is 5.43. The first-order valence-corrected chi connectivity index (χ1v) is 7.46. The number of carbonyl (C=O) groups excluding carboxylic acids is 1. The number of aromatic amines is 1. The lowest BCUT2D eigenvalue weighted by Gasteiger charge is -2.37. The molecular weight excluding hydrogens is 314 g/mol. The van der Waals surface area contributed by atoms with Gasteiger partial charge in [0.15, 0.2) is 5.69 Å². The lowest BCUT2D eigenvalue weighted by atomic mass is 9.91. The van der Waals surface area contributed by atoms with Crippen LogP contribution in [-0.2, 0) is 0 Å². The van der Waals surface area contributed by atoms with Crippen molar-refractivity contribution >= 4 is 27.7 Å². The van der Waals surface area contributed by atoms with Crippen LogP contribution in [0, 0.1) is 10.1 Å². The molecule has 0 bridgehead atoms. The van der Waals surface area contributed by atoms with Crippen molar-refractivity contribution in [1.82, 2.24) is 9.88 Å². The van der Waals surface area contributed by atoms with Gasteiger partial charge in [-0.05, 0) is 36.7 Å². The van der Waals surface area contributed by atoms with Crippen molar-refractivity contribution in [3.05, 3.63) is 27.9 Å². The molecule has 19 heavy (non-hydrogen) atoms. The summed E-state index contributed by atoms with van der Waals surface area (Å²) in [5, 5.41) is 11.5. The predicted molar refractivity (Wildman–Crippen MR) is 74.5 cm³/mol. The third-order valence-electron chi connectivity index (χ3n) is 3.41. The number of nitrogens with zero attached hydrogens (tertiary/aromatic N) is 2. The zero-order valence-corrected chi connectivity index (χ0v) is 12.1. The number of rotatable bonds is 6. The van der Waals surface area contributed by atoms with Gasteiger partial charge in [-0.25, -0.2) is 4.98 Å². The zero-order valence-electron chi connectivity index (χ0n) is 10.5. The minimum absolute atomic E-state index is 0.140. The lowest BCUT2D eigenvalue weighted by molar-refractivity contribution is -0.389. The summed E-state index contributed by atoms with van der Waals surface area (Å²) < 4.78 is 0. The number of nitrogens with one attached hydrogen (secondary N) is 1. The molecule has 1 aromatic rings. The molecular formula is C12H16BrN3O3. The van der Waals surface area contributed by atoms with Crippen LogP contribution in [-0.4, -0.2) is 38.6 Å². The topological polar surface area (TPSA) is 79.2 Å². The van der Waals surface area contributed by atoms with Gasteiger partial charge in [0.05, 0.1) is 0 Å². The molecule has 1 N–H and O–H groups in total. The van der Waals surface area contributed by atoms with E-state index in [1.807, 2.05) is 4.90 Å². The average Bonchev–Trinajstić information content (AvgIpc) is 2.80. The van der Waals surface area contributed by atoms with Gasteiger partial charge in [-0.2, -0.15) is 0 Å². The van der Waals surface area contributed by atoms with Crippen molar-refractivity contribution in [3.8, 4) is 0 Å². The molecule has 1 aliphatic rings. The Morgan fingerprint density at radius 3 is 2.74 bits per heavy atom. The second-order valence-electron chi connectivity index (χ2n) is 4.64. The van der Waals surface area contributed by atoms with Gasteiger partial charge in [0.1, 0.15) is 0 Å². The molecule has 6 nitrogen and oxygen atoms in total. The summed E-state index contributed by atoms with van der Waals surface area (Å²) in [4.78, 5) is 26.9. The Bertz CT molecular complexity index is 471. The Balaban J connectivity index is 2.10. The number of carbonyl (C=O) groups is 1. The van der Waals surface area contributed by atoms with Gasteiger partial charge < -0.3 is 15.0 Å². The van der Waals surface area contributed by atoms with E-state index in [0.29, 0.717) is 12.2 Å². The van der Waals surface area contributed by atoms with Crippen molar-refractivity contribution < 1.29 is 9.72 Å². The fourth-order valence-corrected chi connectivity index (χ4v) is 2.40. The van der Waals surface area contributed by atoms with Gasteiger partial charge in [-0.1, -0.05) is 15.9 Å². The summed E-state index contributed by atoms with van der Waals surface area (Å²) in [7, 11) is 0. The van der Waals surface area contributed by atoms with Crippen LogP contribution < -0.4 is 0 Å². The fraction of sp³-hybridized carbons (Fsp3) is 0.583. The van der Waals surface area contributed by atoms with Gasteiger partial charge in [-0.15, -0.1) is 0 Å². The number of hydrogen-bond donors (Lipinski definition) is 1. The number of amides is 1. The highest BCUT2D eigenvalue weighted by Gasteiger charge is 2.31. The Morgan fingerprint density at radius 1 is 1.53 bits per heavy atom. The molecule has 1 aliphatic carbocycles. The molecule has 1 aromatic heterocycles. The molecule has 0 aliphatic heterocycles. The molecule has 1 heterocycles. The van der Waals surface area contributed by atoms with E-state index in [0.717, 1.165) is 31.0 Å². The first-order chi connectivity index (χ1) is 9.13. The molecule has 0 saturated heterocycles. The summed E-state index contributed by atoms with van der Waals surface area (Å²) >= 11 is 3.36.